The molecule has 0 fully saturated rings. The number of benzene rings is 1. The lowest BCUT2D eigenvalue weighted by molar-refractivity contribution is 0.393. The highest BCUT2D eigenvalue weighted by Crippen LogP contribution is 2.43. The minimum absolute atomic E-state index is 0.0324. The van der Waals surface area contributed by atoms with Crippen molar-refractivity contribution < 1.29 is 15.3 Å². The fourth-order valence-corrected chi connectivity index (χ4v) is 1.48. The second kappa shape index (κ2) is 3.08. The third-order valence-electron chi connectivity index (χ3n) is 2.26. The molecule has 3 heteroatoms. The third-order valence-corrected chi connectivity index (χ3v) is 2.26. The van der Waals surface area contributed by atoms with Gasteiger partial charge in [-0.2, -0.15) is 0 Å². The van der Waals surface area contributed by atoms with Gasteiger partial charge in [-0.1, -0.05) is 20.8 Å². The molecular weight excluding hydrogens is 180 g/mol. The molecule has 78 valence electrons. The Morgan fingerprint density at radius 3 is 1.93 bits per heavy atom. The van der Waals surface area contributed by atoms with Crippen molar-refractivity contribution in [2.45, 2.75) is 33.1 Å². The highest BCUT2D eigenvalue weighted by atomic mass is 16.3. The molecule has 1 aromatic carbocycles. The molecule has 0 radical (unpaired) electrons. The molecule has 0 saturated carbocycles. The Kier molecular flexibility index (Phi) is 2.36. The molecule has 0 aliphatic heterocycles. The zero-order chi connectivity index (χ0) is 11.1. The fraction of sp³-hybridized carbons (Fsp3) is 0.455. The van der Waals surface area contributed by atoms with Crippen LogP contribution in [0.1, 0.15) is 31.9 Å². The Bertz CT molecular complexity index is 362. The summed E-state index contributed by atoms with van der Waals surface area (Å²) >= 11 is 0. The van der Waals surface area contributed by atoms with Crippen LogP contribution in [0, 0.1) is 6.92 Å². The van der Waals surface area contributed by atoms with Crippen LogP contribution >= 0.6 is 0 Å². The van der Waals surface area contributed by atoms with Gasteiger partial charge in [0.2, 0.25) is 0 Å². The molecule has 0 spiro atoms. The predicted octanol–water partition coefficient (Wildman–Crippen LogP) is 2.41. The summed E-state index contributed by atoms with van der Waals surface area (Å²) in [5.41, 5.74) is 0.507. The Labute approximate surface area is 83.6 Å². The summed E-state index contributed by atoms with van der Waals surface area (Å²) in [6.07, 6.45) is 0. The van der Waals surface area contributed by atoms with E-state index in [1.807, 2.05) is 20.8 Å². The molecule has 0 atom stereocenters. The van der Waals surface area contributed by atoms with E-state index in [1.54, 1.807) is 6.92 Å². The lowest BCUT2D eigenvalue weighted by Crippen LogP contribution is -2.12. The lowest BCUT2D eigenvalue weighted by Gasteiger charge is -2.23. The van der Waals surface area contributed by atoms with Gasteiger partial charge in [-0.05, 0) is 12.3 Å². The largest absolute Gasteiger partial charge is 0.507 e. The fourth-order valence-electron chi connectivity index (χ4n) is 1.48. The molecule has 0 saturated heterocycles. The molecule has 0 aromatic heterocycles. The van der Waals surface area contributed by atoms with Gasteiger partial charge in [0.15, 0.2) is 0 Å². The van der Waals surface area contributed by atoms with Gasteiger partial charge in [0.1, 0.15) is 17.2 Å². The summed E-state index contributed by atoms with van der Waals surface area (Å²) in [4.78, 5) is 0. The summed E-state index contributed by atoms with van der Waals surface area (Å²) in [7, 11) is 0. The van der Waals surface area contributed by atoms with E-state index in [0.717, 1.165) is 0 Å². The van der Waals surface area contributed by atoms with Gasteiger partial charge in [-0.3, -0.25) is 0 Å². The van der Waals surface area contributed by atoms with Gasteiger partial charge in [0.05, 0.1) is 0 Å². The van der Waals surface area contributed by atoms with E-state index in [1.165, 1.54) is 6.07 Å². The SMILES string of the molecule is Cc1c(O)cc(O)c(C(C)(C)C)c1O. The molecule has 0 aliphatic rings. The zero-order valence-corrected chi connectivity index (χ0v) is 8.92. The van der Waals surface area contributed by atoms with E-state index in [-0.39, 0.29) is 22.7 Å². The minimum Gasteiger partial charge on any atom is -0.507 e. The second-order valence-corrected chi connectivity index (χ2v) is 4.51. The van der Waals surface area contributed by atoms with Crippen LogP contribution in [0.25, 0.3) is 0 Å². The molecule has 1 aromatic rings. The summed E-state index contributed by atoms with van der Waals surface area (Å²) < 4.78 is 0. The quantitative estimate of drug-likeness (QED) is 0.597. The molecule has 0 heterocycles. The number of rotatable bonds is 0. The minimum atomic E-state index is -0.355. The van der Waals surface area contributed by atoms with E-state index in [2.05, 4.69) is 0 Å². The molecular formula is C11H16O3. The molecule has 0 bridgehead atoms. The number of hydrogen-bond acceptors (Lipinski definition) is 3. The van der Waals surface area contributed by atoms with Crippen molar-refractivity contribution in [2.75, 3.05) is 0 Å². The van der Waals surface area contributed by atoms with Crippen molar-refractivity contribution in [3.05, 3.63) is 17.2 Å². The van der Waals surface area contributed by atoms with Crippen LogP contribution in [-0.4, -0.2) is 15.3 Å². The van der Waals surface area contributed by atoms with Crippen LogP contribution in [0.5, 0.6) is 17.2 Å². The first-order chi connectivity index (χ1) is 6.25. The molecule has 0 amide bonds. The van der Waals surface area contributed by atoms with E-state index in [9.17, 15) is 15.3 Å². The standard InChI is InChI=1S/C11H16O3/c1-6-7(12)5-8(13)9(10(6)14)11(2,3)4/h5,12-14H,1-4H3. The van der Waals surface area contributed by atoms with Gasteiger partial charge in [0, 0.05) is 17.2 Å². The molecule has 3 nitrogen and oxygen atoms in total. The van der Waals surface area contributed by atoms with Crippen molar-refractivity contribution in [1.82, 2.24) is 0 Å². The summed E-state index contributed by atoms with van der Waals surface area (Å²) in [6.45, 7) is 7.27. The average Bonchev–Trinajstić information content (AvgIpc) is 1.97. The number of phenolic OH excluding ortho intramolecular Hbond substituents is 3. The van der Waals surface area contributed by atoms with Gasteiger partial charge in [-0.25, -0.2) is 0 Å². The number of hydrogen-bond donors (Lipinski definition) is 3. The highest BCUT2D eigenvalue weighted by Gasteiger charge is 2.24. The lowest BCUT2D eigenvalue weighted by atomic mass is 9.84. The number of phenols is 3. The number of aromatic hydroxyl groups is 3. The maximum atomic E-state index is 9.77. The summed E-state index contributed by atoms with van der Waals surface area (Å²) in [5, 5.41) is 28.7. The molecule has 0 aliphatic carbocycles. The normalized spacial score (nSPS) is 11.7. The molecule has 1 rings (SSSR count). The first kappa shape index (κ1) is 10.7. The first-order valence-corrected chi connectivity index (χ1v) is 4.50. The topological polar surface area (TPSA) is 60.7 Å². The summed E-state index contributed by atoms with van der Waals surface area (Å²) in [6, 6.07) is 1.26. The summed E-state index contributed by atoms with van der Waals surface area (Å²) in [5.74, 6) is -0.193. The van der Waals surface area contributed by atoms with Crippen molar-refractivity contribution in [1.29, 1.82) is 0 Å². The zero-order valence-electron chi connectivity index (χ0n) is 8.92. The second-order valence-electron chi connectivity index (χ2n) is 4.51. The van der Waals surface area contributed by atoms with Crippen molar-refractivity contribution in [2.24, 2.45) is 0 Å². The van der Waals surface area contributed by atoms with Crippen molar-refractivity contribution in [3.8, 4) is 17.2 Å². The Balaban J connectivity index is 3.53. The maximum Gasteiger partial charge on any atom is 0.129 e. The monoisotopic (exact) mass is 196 g/mol. The van der Waals surface area contributed by atoms with Crippen LogP contribution in [0.15, 0.2) is 6.07 Å². The predicted molar refractivity (Wildman–Crippen MR) is 54.9 cm³/mol. The molecule has 14 heavy (non-hydrogen) atoms. The molecule has 0 unspecified atom stereocenters. The Morgan fingerprint density at radius 1 is 1.00 bits per heavy atom. The van der Waals surface area contributed by atoms with Gasteiger partial charge in [0.25, 0.3) is 0 Å². The van der Waals surface area contributed by atoms with Crippen LogP contribution in [0.3, 0.4) is 0 Å². The van der Waals surface area contributed by atoms with Gasteiger partial charge >= 0.3 is 0 Å². The third kappa shape index (κ3) is 1.62. The van der Waals surface area contributed by atoms with E-state index >= 15 is 0 Å². The van der Waals surface area contributed by atoms with Gasteiger partial charge < -0.3 is 15.3 Å². The van der Waals surface area contributed by atoms with E-state index in [4.69, 9.17) is 0 Å². The maximum absolute atomic E-state index is 9.77. The van der Waals surface area contributed by atoms with E-state index in [0.29, 0.717) is 11.1 Å². The molecule has 3 N–H and O–H groups in total. The van der Waals surface area contributed by atoms with Crippen LogP contribution in [-0.2, 0) is 5.41 Å². The average molecular weight is 196 g/mol. The Morgan fingerprint density at radius 2 is 1.50 bits per heavy atom. The highest BCUT2D eigenvalue weighted by molar-refractivity contribution is 5.57. The smallest absolute Gasteiger partial charge is 0.129 e. The van der Waals surface area contributed by atoms with Crippen LogP contribution in [0.2, 0.25) is 0 Å². The van der Waals surface area contributed by atoms with E-state index < -0.39 is 0 Å². The van der Waals surface area contributed by atoms with Crippen LogP contribution < -0.4 is 0 Å². The van der Waals surface area contributed by atoms with Gasteiger partial charge in [-0.15, -0.1) is 0 Å². The van der Waals surface area contributed by atoms with Crippen molar-refractivity contribution in [3.63, 3.8) is 0 Å². The van der Waals surface area contributed by atoms with Crippen LogP contribution in [0.4, 0.5) is 0 Å². The Hall–Kier alpha value is -1.38. The first-order valence-electron chi connectivity index (χ1n) is 4.50. The van der Waals surface area contributed by atoms with Crippen molar-refractivity contribution >= 4 is 0 Å².